The van der Waals surface area contributed by atoms with Gasteiger partial charge in [-0.25, -0.2) is 0 Å². The average molecular weight is 712 g/mol. The fourth-order valence-corrected chi connectivity index (χ4v) is 4.98. The van der Waals surface area contributed by atoms with Crippen LogP contribution in [0.3, 0.4) is 0 Å². The van der Waals surface area contributed by atoms with Crippen LogP contribution in [0.1, 0.15) is 103 Å². The number of phenolic OH excluding ortho intramolecular Hbond substituents is 2. The fraction of sp³-hybridized carbons (Fsp3) is 0.350. The maximum Gasteiger partial charge on any atom is 2.00 e. The Kier molecular flexibility index (Phi) is 15.9. The van der Waals surface area contributed by atoms with E-state index in [1.807, 2.05) is 48.5 Å². The molecule has 9 heteroatoms. The number of fused-ring (bicyclic) bond motifs is 1. The number of hydrogen-bond donors (Lipinski definition) is 2. The number of carbonyl (C=O) groups is 2. The van der Waals surface area contributed by atoms with E-state index in [4.69, 9.17) is 29.8 Å². The number of aryl methyl sites for hydroxylation is 2. The molecule has 0 fully saturated rings. The molecule has 0 amide bonds. The van der Waals surface area contributed by atoms with Crippen LogP contribution in [0.25, 0.3) is 10.8 Å². The van der Waals surface area contributed by atoms with E-state index >= 15 is 0 Å². The number of carboxylic acids is 2. The van der Waals surface area contributed by atoms with E-state index in [1.165, 1.54) is 0 Å². The van der Waals surface area contributed by atoms with E-state index in [9.17, 15) is 10.2 Å². The Balaban J connectivity index is 0.00000120. The molecule has 0 heterocycles. The number of phenols is 2. The molecule has 4 aromatic rings. The van der Waals surface area contributed by atoms with Crippen molar-refractivity contribution in [2.75, 3.05) is 0 Å². The van der Waals surface area contributed by atoms with Gasteiger partial charge in [0.25, 0.3) is 0 Å². The zero-order valence-electron chi connectivity index (χ0n) is 30.1. The molecule has 1 radical (unpaired) electrons. The number of benzene rings is 4. The van der Waals surface area contributed by atoms with Crippen molar-refractivity contribution in [1.29, 1.82) is 0 Å². The Morgan fingerprint density at radius 3 is 1.29 bits per heavy atom. The van der Waals surface area contributed by atoms with E-state index in [0.717, 1.165) is 71.1 Å². The van der Waals surface area contributed by atoms with Gasteiger partial charge in [-0.1, -0.05) is 91.8 Å². The molecule has 0 bridgehead atoms. The first-order valence-electron chi connectivity index (χ1n) is 16.0. The Morgan fingerprint density at radius 2 is 1.00 bits per heavy atom. The molecular weight excluding hydrogens is 663 g/mol. The van der Waals surface area contributed by atoms with Gasteiger partial charge in [-0.15, -0.1) is 0 Å². The molecule has 0 saturated carbocycles. The topological polar surface area (TPSA) is 145 Å². The van der Waals surface area contributed by atoms with Crippen LogP contribution in [-0.4, -0.2) is 34.6 Å². The van der Waals surface area contributed by atoms with E-state index in [1.54, 1.807) is 12.4 Å². The Morgan fingerprint density at radius 1 is 0.673 bits per heavy atom. The predicted octanol–water partition coefficient (Wildman–Crippen LogP) is 6.98. The second kappa shape index (κ2) is 18.3. The molecule has 0 aliphatic carbocycles. The van der Waals surface area contributed by atoms with Crippen LogP contribution in [-0.2, 0) is 50.0 Å². The van der Waals surface area contributed by atoms with Crippen LogP contribution in [0.2, 0.25) is 0 Å². The van der Waals surface area contributed by atoms with Crippen molar-refractivity contribution in [3.8, 4) is 11.5 Å². The van der Waals surface area contributed by atoms with Crippen molar-refractivity contribution in [2.24, 2.45) is 9.98 Å². The monoisotopic (exact) mass is 711 g/mol. The summed E-state index contributed by atoms with van der Waals surface area (Å²) in [6.07, 6.45) is 5.26. The minimum atomic E-state index is -1.08. The SMILES string of the molecule is CC(=O)[O-].CC(=O)[O-].CCc1cc(C=Nc2cccc3cccc(N=Cc4cc(CC)cc(C(C)(C)C)c4O)c23)c(O)c(C(C)(C)C)c1.[Co+2]. The summed E-state index contributed by atoms with van der Waals surface area (Å²) in [7, 11) is 0. The van der Waals surface area contributed by atoms with Gasteiger partial charge in [0.1, 0.15) is 11.5 Å². The minimum Gasteiger partial charge on any atom is -0.550 e. The van der Waals surface area contributed by atoms with Crippen LogP contribution >= 0.6 is 0 Å². The van der Waals surface area contributed by atoms with Gasteiger partial charge >= 0.3 is 16.8 Å². The molecule has 263 valence electrons. The van der Waals surface area contributed by atoms with Crippen LogP contribution < -0.4 is 10.2 Å². The first-order valence-corrected chi connectivity index (χ1v) is 16.0. The number of aromatic hydroxyl groups is 2. The van der Waals surface area contributed by atoms with Crippen LogP contribution in [0, 0.1) is 0 Å². The van der Waals surface area contributed by atoms with Gasteiger partial charge < -0.3 is 30.0 Å². The standard InChI is InChI=1S/C36H42N2O2.2C2H4O2.Co/c1-9-23-17-26(33(39)28(19-23)35(3,4)5)21-37-30-15-11-13-25-14-12-16-31(32(25)30)38-22-27-18-24(10-2)20-29(34(27)40)36(6,7)8;2*1-2(3)4;/h11-22,39-40H,9-10H2,1-8H3;2*1H3,(H,3,4);/q;;;+2/p-2. The second-order valence-electron chi connectivity index (χ2n) is 13.5. The zero-order valence-corrected chi connectivity index (χ0v) is 31.1. The molecule has 4 rings (SSSR count). The first kappa shape index (κ1) is 42.5. The number of carboxylic acid groups (broad SMARTS) is 2. The molecule has 0 saturated heterocycles. The molecule has 0 aromatic heterocycles. The second-order valence-corrected chi connectivity index (χ2v) is 13.5. The molecule has 0 unspecified atom stereocenters. The fourth-order valence-electron chi connectivity index (χ4n) is 4.98. The van der Waals surface area contributed by atoms with Gasteiger partial charge in [-0.3, -0.25) is 9.98 Å². The number of nitrogens with zero attached hydrogens (tertiary/aromatic N) is 2. The molecule has 0 aliphatic rings. The quantitative estimate of drug-likeness (QED) is 0.207. The van der Waals surface area contributed by atoms with E-state index in [2.05, 4.69) is 67.5 Å². The summed E-state index contributed by atoms with van der Waals surface area (Å²) in [4.78, 5) is 27.5. The molecule has 0 atom stereocenters. The minimum absolute atomic E-state index is 0. The third kappa shape index (κ3) is 12.5. The smallest absolute Gasteiger partial charge is 0.550 e. The number of aliphatic carboxylic acids is 2. The Bertz CT molecular complexity index is 1680. The molecule has 49 heavy (non-hydrogen) atoms. The Labute approximate surface area is 300 Å². The normalized spacial score (nSPS) is 11.4. The number of aliphatic imine (C=N–C) groups is 2. The van der Waals surface area contributed by atoms with E-state index in [-0.39, 0.29) is 39.1 Å². The largest absolute Gasteiger partial charge is 2.00 e. The maximum atomic E-state index is 11.1. The van der Waals surface area contributed by atoms with Crippen LogP contribution in [0.15, 0.2) is 70.6 Å². The summed E-state index contributed by atoms with van der Waals surface area (Å²) in [5, 5.41) is 41.9. The zero-order chi connectivity index (χ0) is 36.4. The molecule has 0 aliphatic heterocycles. The summed E-state index contributed by atoms with van der Waals surface area (Å²) >= 11 is 0. The molecule has 0 spiro atoms. The summed E-state index contributed by atoms with van der Waals surface area (Å²) in [6.45, 7) is 18.8. The summed E-state index contributed by atoms with van der Waals surface area (Å²) < 4.78 is 0. The van der Waals surface area contributed by atoms with E-state index in [0.29, 0.717) is 11.1 Å². The molecule has 2 N–H and O–H groups in total. The summed E-state index contributed by atoms with van der Waals surface area (Å²) in [5.41, 5.74) is 6.74. The Hall–Kier alpha value is -4.47. The van der Waals surface area contributed by atoms with Gasteiger partial charge in [0.15, 0.2) is 0 Å². The number of carbonyl (C=O) groups excluding carboxylic acids is 2. The summed E-state index contributed by atoms with van der Waals surface area (Å²) in [6, 6.07) is 20.2. The van der Waals surface area contributed by atoms with Crippen molar-refractivity contribution in [3.63, 3.8) is 0 Å². The number of hydrogen-bond acceptors (Lipinski definition) is 8. The van der Waals surface area contributed by atoms with Crippen molar-refractivity contribution < 1.29 is 46.8 Å². The summed E-state index contributed by atoms with van der Waals surface area (Å²) in [5.74, 6) is -1.62. The maximum absolute atomic E-state index is 11.1. The van der Waals surface area contributed by atoms with Gasteiger partial charge in [-0.05, 0) is 78.3 Å². The molecule has 4 aromatic carbocycles. The molecule has 8 nitrogen and oxygen atoms in total. The van der Waals surface area contributed by atoms with Crippen LogP contribution in [0.5, 0.6) is 11.5 Å². The van der Waals surface area contributed by atoms with Crippen molar-refractivity contribution in [3.05, 3.63) is 94.0 Å². The van der Waals surface area contributed by atoms with Gasteiger partial charge in [-0.2, -0.15) is 0 Å². The molecular formula is C40H48CoN2O6. The third-order valence-corrected chi connectivity index (χ3v) is 7.38. The van der Waals surface area contributed by atoms with Crippen molar-refractivity contribution >= 4 is 46.5 Å². The van der Waals surface area contributed by atoms with Gasteiger partial charge in [0.05, 0.1) is 11.4 Å². The van der Waals surface area contributed by atoms with Crippen molar-refractivity contribution in [2.45, 2.75) is 92.9 Å². The van der Waals surface area contributed by atoms with Gasteiger partial charge in [0.2, 0.25) is 0 Å². The van der Waals surface area contributed by atoms with Gasteiger partial charge in [0, 0.05) is 52.0 Å². The predicted molar refractivity (Wildman–Crippen MR) is 192 cm³/mol. The van der Waals surface area contributed by atoms with E-state index < -0.39 is 11.9 Å². The number of rotatable bonds is 6. The van der Waals surface area contributed by atoms with Crippen LogP contribution in [0.4, 0.5) is 11.4 Å². The average Bonchev–Trinajstić information content (AvgIpc) is 2.98. The van der Waals surface area contributed by atoms with Crippen molar-refractivity contribution in [1.82, 2.24) is 0 Å². The third-order valence-electron chi connectivity index (χ3n) is 7.38. The first-order chi connectivity index (χ1) is 22.3.